The fourth-order valence-corrected chi connectivity index (χ4v) is 5.45. The summed E-state index contributed by atoms with van der Waals surface area (Å²) in [5.74, 6) is -2.03. The lowest BCUT2D eigenvalue weighted by atomic mass is 10.1. The van der Waals surface area contributed by atoms with Crippen molar-refractivity contribution in [3.63, 3.8) is 0 Å². The van der Waals surface area contributed by atoms with Crippen molar-refractivity contribution in [3.8, 4) is 6.07 Å². The first-order valence-electron chi connectivity index (χ1n) is 12.1. The van der Waals surface area contributed by atoms with Crippen LogP contribution in [0.4, 0.5) is 24.1 Å². The third-order valence-electron chi connectivity index (χ3n) is 7.35. The summed E-state index contributed by atoms with van der Waals surface area (Å²) in [5.41, 5.74) is 1.94. The van der Waals surface area contributed by atoms with Gasteiger partial charge in [0.15, 0.2) is 11.6 Å². The summed E-state index contributed by atoms with van der Waals surface area (Å²) < 4.78 is 32.1. The van der Waals surface area contributed by atoms with Gasteiger partial charge in [-0.15, -0.1) is 0 Å². The summed E-state index contributed by atoms with van der Waals surface area (Å²) >= 11 is 0. The molecule has 3 fully saturated rings. The predicted molar refractivity (Wildman–Crippen MR) is 127 cm³/mol. The Morgan fingerprint density at radius 1 is 1.06 bits per heavy atom. The number of benzene rings is 2. The standard InChI is InChI=1S/C26H27F2N5O3/c27-21-8-5-17(13-22(21)28)24-16-36-26(35)33(24)25(34)30-19-6-7-20(14-19)31-9-11-32(12-10-31)23-4-2-1-3-18(23)15-29/h1-5,8,13,19-20,24H,6-7,9-12,14,16H2,(H,30,34)/t19-,20+,24-/m1/s1. The van der Waals surface area contributed by atoms with Crippen LogP contribution in [0.15, 0.2) is 42.5 Å². The van der Waals surface area contributed by atoms with Gasteiger partial charge >= 0.3 is 12.1 Å². The number of anilines is 1. The molecule has 0 radical (unpaired) electrons. The zero-order valence-electron chi connectivity index (χ0n) is 19.7. The Morgan fingerprint density at radius 3 is 2.58 bits per heavy atom. The highest BCUT2D eigenvalue weighted by atomic mass is 19.2. The van der Waals surface area contributed by atoms with E-state index in [1.54, 1.807) is 0 Å². The molecule has 36 heavy (non-hydrogen) atoms. The zero-order valence-corrected chi connectivity index (χ0v) is 19.7. The lowest BCUT2D eigenvalue weighted by Crippen LogP contribution is -2.50. The Labute approximate surface area is 208 Å². The second kappa shape index (κ2) is 10.1. The topological polar surface area (TPSA) is 88.9 Å². The summed E-state index contributed by atoms with van der Waals surface area (Å²) in [6.07, 6.45) is 1.67. The lowest BCUT2D eigenvalue weighted by Gasteiger charge is -2.39. The first-order valence-corrected chi connectivity index (χ1v) is 12.1. The number of nitriles is 1. The maximum Gasteiger partial charge on any atom is 0.418 e. The van der Waals surface area contributed by atoms with E-state index in [0.29, 0.717) is 17.2 Å². The minimum Gasteiger partial charge on any atom is -0.446 e. The molecule has 3 amide bonds. The normalized spacial score (nSPS) is 24.5. The highest BCUT2D eigenvalue weighted by Crippen LogP contribution is 2.31. The smallest absolute Gasteiger partial charge is 0.418 e. The number of carbonyl (C=O) groups excluding carboxylic acids is 2. The number of hydrogen-bond donors (Lipinski definition) is 1. The van der Waals surface area contributed by atoms with Crippen LogP contribution in [0.25, 0.3) is 0 Å². The number of nitrogens with one attached hydrogen (secondary N) is 1. The van der Waals surface area contributed by atoms with Crippen molar-refractivity contribution < 1.29 is 23.1 Å². The third kappa shape index (κ3) is 4.71. The van der Waals surface area contributed by atoms with Crippen molar-refractivity contribution in [2.45, 2.75) is 37.4 Å². The summed E-state index contributed by atoms with van der Waals surface area (Å²) in [5, 5.41) is 12.3. The van der Waals surface area contributed by atoms with Gasteiger partial charge in [-0.05, 0) is 49.1 Å². The van der Waals surface area contributed by atoms with Gasteiger partial charge < -0.3 is 15.0 Å². The maximum absolute atomic E-state index is 13.7. The first-order chi connectivity index (χ1) is 17.4. The molecule has 1 saturated carbocycles. The van der Waals surface area contributed by atoms with Crippen molar-refractivity contribution in [1.29, 1.82) is 5.26 Å². The van der Waals surface area contributed by atoms with E-state index in [1.807, 2.05) is 24.3 Å². The highest BCUT2D eigenvalue weighted by Gasteiger charge is 2.41. The van der Waals surface area contributed by atoms with Crippen molar-refractivity contribution in [3.05, 3.63) is 65.2 Å². The molecule has 2 aromatic carbocycles. The van der Waals surface area contributed by atoms with Gasteiger partial charge in [-0.3, -0.25) is 4.90 Å². The molecule has 2 aromatic rings. The van der Waals surface area contributed by atoms with Gasteiger partial charge in [0.1, 0.15) is 18.7 Å². The minimum absolute atomic E-state index is 0.0983. The number of nitrogens with zero attached hydrogens (tertiary/aromatic N) is 4. The molecule has 2 saturated heterocycles. The van der Waals surface area contributed by atoms with E-state index in [4.69, 9.17) is 4.74 Å². The fourth-order valence-electron chi connectivity index (χ4n) is 5.45. The molecule has 5 rings (SSSR count). The molecule has 10 heteroatoms. The number of ether oxygens (including phenoxy) is 1. The molecule has 1 aliphatic carbocycles. The molecule has 2 heterocycles. The maximum atomic E-state index is 13.7. The Balaban J connectivity index is 1.16. The second-order valence-corrected chi connectivity index (χ2v) is 9.40. The number of amides is 3. The number of piperazine rings is 1. The van der Waals surface area contributed by atoms with Crippen molar-refractivity contribution in [2.24, 2.45) is 0 Å². The number of para-hydroxylation sites is 1. The van der Waals surface area contributed by atoms with Gasteiger partial charge in [-0.2, -0.15) is 5.26 Å². The van der Waals surface area contributed by atoms with E-state index < -0.39 is 29.8 Å². The van der Waals surface area contributed by atoms with E-state index in [9.17, 15) is 23.6 Å². The van der Waals surface area contributed by atoms with E-state index in [2.05, 4.69) is 21.2 Å². The summed E-state index contributed by atoms with van der Waals surface area (Å²) in [6.45, 7) is 3.26. The molecule has 8 nitrogen and oxygen atoms in total. The average molecular weight is 496 g/mol. The van der Waals surface area contributed by atoms with E-state index in [-0.39, 0.29) is 12.6 Å². The van der Waals surface area contributed by atoms with Gasteiger partial charge in [0, 0.05) is 38.3 Å². The lowest BCUT2D eigenvalue weighted by molar-refractivity contribution is 0.156. The van der Waals surface area contributed by atoms with E-state index in [1.165, 1.54) is 6.07 Å². The number of hydrogen-bond acceptors (Lipinski definition) is 6. The van der Waals surface area contributed by atoms with Crippen molar-refractivity contribution >= 4 is 17.8 Å². The summed E-state index contributed by atoms with van der Waals surface area (Å²) in [4.78, 5) is 30.9. The van der Waals surface area contributed by atoms with Crippen LogP contribution >= 0.6 is 0 Å². The van der Waals surface area contributed by atoms with Crippen LogP contribution in [0.1, 0.15) is 36.4 Å². The minimum atomic E-state index is -1.04. The third-order valence-corrected chi connectivity index (χ3v) is 7.35. The second-order valence-electron chi connectivity index (χ2n) is 9.40. The number of carbonyl (C=O) groups is 2. The van der Waals surface area contributed by atoms with Gasteiger partial charge in [-0.25, -0.2) is 23.3 Å². The van der Waals surface area contributed by atoms with Crippen LogP contribution in [-0.2, 0) is 4.74 Å². The molecule has 2 aliphatic heterocycles. The molecule has 0 unspecified atom stereocenters. The molecule has 3 aliphatic rings. The van der Waals surface area contributed by atoms with Gasteiger partial charge in [0.2, 0.25) is 0 Å². The molecule has 3 atom stereocenters. The van der Waals surface area contributed by atoms with Crippen LogP contribution in [0.2, 0.25) is 0 Å². The predicted octanol–water partition coefficient (Wildman–Crippen LogP) is 3.78. The Morgan fingerprint density at radius 2 is 1.83 bits per heavy atom. The molecular weight excluding hydrogens is 468 g/mol. The van der Waals surface area contributed by atoms with Crippen LogP contribution in [0.5, 0.6) is 0 Å². The number of rotatable bonds is 4. The average Bonchev–Trinajstić information content (AvgIpc) is 3.52. The largest absolute Gasteiger partial charge is 0.446 e. The van der Waals surface area contributed by atoms with Crippen LogP contribution in [0, 0.1) is 23.0 Å². The molecule has 0 aromatic heterocycles. The Hall–Kier alpha value is -3.71. The molecular formula is C26H27F2N5O3. The number of cyclic esters (lactones) is 1. The number of imide groups is 1. The van der Waals surface area contributed by atoms with Crippen molar-refractivity contribution in [1.82, 2.24) is 15.1 Å². The fraction of sp³-hybridized carbons (Fsp3) is 0.423. The zero-order chi connectivity index (χ0) is 25.2. The SMILES string of the molecule is N#Cc1ccccc1N1CCN([C@H]2CC[C@@H](NC(=O)N3C(=O)OC[C@@H]3c3ccc(F)c(F)c3)C2)CC1. The first kappa shape index (κ1) is 24.0. The van der Waals surface area contributed by atoms with Crippen LogP contribution in [-0.4, -0.2) is 66.8 Å². The van der Waals surface area contributed by atoms with Gasteiger partial charge in [0.25, 0.3) is 0 Å². The molecule has 188 valence electrons. The molecule has 1 N–H and O–H groups in total. The Bertz CT molecular complexity index is 1190. The quantitative estimate of drug-likeness (QED) is 0.695. The number of urea groups is 1. The summed E-state index contributed by atoms with van der Waals surface area (Å²) in [7, 11) is 0. The van der Waals surface area contributed by atoms with E-state index in [0.717, 1.165) is 68.2 Å². The van der Waals surface area contributed by atoms with Gasteiger partial charge in [-0.1, -0.05) is 18.2 Å². The highest BCUT2D eigenvalue weighted by molar-refractivity contribution is 5.92. The van der Waals surface area contributed by atoms with Crippen LogP contribution < -0.4 is 10.2 Å². The number of halogens is 2. The van der Waals surface area contributed by atoms with Gasteiger partial charge in [0.05, 0.1) is 11.3 Å². The van der Waals surface area contributed by atoms with Crippen molar-refractivity contribution in [2.75, 3.05) is 37.7 Å². The summed E-state index contributed by atoms with van der Waals surface area (Å²) in [6, 6.07) is 12.0. The monoisotopic (exact) mass is 495 g/mol. The van der Waals surface area contributed by atoms with E-state index >= 15 is 0 Å². The molecule has 0 bridgehead atoms. The Kier molecular flexibility index (Phi) is 6.74. The molecule has 0 spiro atoms. The van der Waals surface area contributed by atoms with Crippen LogP contribution in [0.3, 0.4) is 0 Å².